The molecule has 0 aliphatic carbocycles. The number of ether oxygens (including phenoxy) is 1. The largest absolute Gasteiger partial charge is 0.497 e. The third kappa shape index (κ3) is 4.56. The molecule has 0 aliphatic heterocycles. The van der Waals surface area contributed by atoms with Gasteiger partial charge in [0, 0.05) is 18.7 Å². The fourth-order valence-electron chi connectivity index (χ4n) is 2.35. The summed E-state index contributed by atoms with van der Waals surface area (Å²) in [5, 5.41) is 9.54. The fraction of sp³-hybridized carbons (Fsp3) is 0.222. The van der Waals surface area contributed by atoms with E-state index in [4.69, 9.17) is 9.26 Å². The summed E-state index contributed by atoms with van der Waals surface area (Å²) >= 11 is 0. The highest BCUT2D eigenvalue weighted by atomic mass is 16.5. The second-order valence-corrected chi connectivity index (χ2v) is 5.59. The van der Waals surface area contributed by atoms with Gasteiger partial charge in [0.1, 0.15) is 29.3 Å². The zero-order valence-electron chi connectivity index (χ0n) is 14.5. The number of nitrogens with one attached hydrogen (secondary N) is 2. The molecular weight excluding hydrogens is 334 g/mol. The molecule has 0 unspecified atom stereocenters. The Kier molecular flexibility index (Phi) is 5.43. The first-order valence-corrected chi connectivity index (χ1v) is 8.07. The number of hydrogen-bond acceptors (Lipinski definition) is 7. The van der Waals surface area contributed by atoms with Crippen molar-refractivity contribution in [1.82, 2.24) is 15.1 Å². The van der Waals surface area contributed by atoms with Gasteiger partial charge in [-0.05, 0) is 31.0 Å². The number of carbonyl (C=O) groups is 1. The predicted octanol–water partition coefficient (Wildman–Crippen LogP) is 2.69. The minimum absolute atomic E-state index is 0.240. The maximum atomic E-state index is 12.2. The lowest BCUT2D eigenvalue weighted by Gasteiger charge is -2.08. The van der Waals surface area contributed by atoms with Gasteiger partial charge in [-0.25, -0.2) is 9.97 Å². The first kappa shape index (κ1) is 17.4. The van der Waals surface area contributed by atoms with E-state index in [2.05, 4.69) is 25.8 Å². The Labute approximate surface area is 150 Å². The standard InChI is InChI=1S/C18H19N5O3/c1-12-8-17(23-26-12)22-18(24)15-10-16(21-11-20-15)19-7-6-13-4-3-5-14(9-13)25-2/h3-5,8-11H,6-7H2,1-2H3,(H,19,20,21)(H,22,23,24). The molecule has 8 nitrogen and oxygen atoms in total. The smallest absolute Gasteiger partial charge is 0.275 e. The van der Waals surface area contributed by atoms with Crippen molar-refractivity contribution in [3.8, 4) is 5.75 Å². The van der Waals surface area contributed by atoms with Gasteiger partial charge >= 0.3 is 0 Å². The van der Waals surface area contributed by atoms with Crippen molar-refractivity contribution in [2.24, 2.45) is 0 Å². The Hall–Kier alpha value is -3.42. The van der Waals surface area contributed by atoms with Crippen LogP contribution in [0, 0.1) is 6.92 Å². The molecule has 0 saturated carbocycles. The van der Waals surface area contributed by atoms with Gasteiger partial charge in [0.15, 0.2) is 5.82 Å². The van der Waals surface area contributed by atoms with Gasteiger partial charge in [-0.15, -0.1) is 0 Å². The van der Waals surface area contributed by atoms with Crippen molar-refractivity contribution >= 4 is 17.5 Å². The van der Waals surface area contributed by atoms with Gasteiger partial charge in [0.05, 0.1) is 7.11 Å². The molecule has 3 aromatic rings. The summed E-state index contributed by atoms with van der Waals surface area (Å²) < 4.78 is 10.1. The summed E-state index contributed by atoms with van der Waals surface area (Å²) in [7, 11) is 1.64. The number of nitrogens with zero attached hydrogens (tertiary/aromatic N) is 3. The molecule has 0 spiro atoms. The number of rotatable bonds is 7. The molecule has 134 valence electrons. The van der Waals surface area contributed by atoms with E-state index in [1.807, 2.05) is 24.3 Å². The second kappa shape index (κ2) is 8.11. The maximum Gasteiger partial charge on any atom is 0.275 e. The summed E-state index contributed by atoms with van der Waals surface area (Å²) in [6.07, 6.45) is 2.14. The number of aromatic nitrogens is 3. The molecule has 0 radical (unpaired) electrons. The predicted molar refractivity (Wildman–Crippen MR) is 96.4 cm³/mol. The van der Waals surface area contributed by atoms with Gasteiger partial charge in [-0.3, -0.25) is 4.79 Å². The summed E-state index contributed by atoms with van der Waals surface area (Å²) in [6.45, 7) is 2.41. The molecule has 0 fully saturated rings. The van der Waals surface area contributed by atoms with E-state index < -0.39 is 0 Å². The average Bonchev–Trinajstić information content (AvgIpc) is 3.07. The molecular formula is C18H19N5O3. The third-order valence-corrected chi connectivity index (χ3v) is 3.62. The number of amides is 1. The SMILES string of the molecule is COc1cccc(CCNc2cc(C(=O)Nc3cc(C)on3)ncn2)c1. The van der Waals surface area contributed by atoms with Gasteiger partial charge in [0.25, 0.3) is 5.91 Å². The van der Waals surface area contributed by atoms with E-state index in [-0.39, 0.29) is 11.6 Å². The Morgan fingerprint density at radius 1 is 1.19 bits per heavy atom. The number of carbonyl (C=O) groups excluding carboxylic acids is 1. The summed E-state index contributed by atoms with van der Waals surface area (Å²) in [4.78, 5) is 20.3. The van der Waals surface area contributed by atoms with Crippen LogP contribution in [0.3, 0.4) is 0 Å². The lowest BCUT2D eigenvalue weighted by Crippen LogP contribution is -2.15. The third-order valence-electron chi connectivity index (χ3n) is 3.62. The highest BCUT2D eigenvalue weighted by molar-refractivity contribution is 6.02. The van der Waals surface area contributed by atoms with Gasteiger partial charge < -0.3 is 19.9 Å². The molecule has 8 heteroatoms. The van der Waals surface area contributed by atoms with Crippen LogP contribution in [-0.4, -0.2) is 34.7 Å². The lowest BCUT2D eigenvalue weighted by atomic mass is 10.1. The van der Waals surface area contributed by atoms with Crippen molar-refractivity contribution in [2.75, 3.05) is 24.3 Å². The molecule has 2 heterocycles. The molecule has 1 aromatic carbocycles. The van der Waals surface area contributed by atoms with Crippen molar-refractivity contribution in [3.05, 3.63) is 59.7 Å². The highest BCUT2D eigenvalue weighted by Crippen LogP contribution is 2.14. The van der Waals surface area contributed by atoms with E-state index >= 15 is 0 Å². The molecule has 0 saturated heterocycles. The van der Waals surface area contributed by atoms with Crippen molar-refractivity contribution in [3.63, 3.8) is 0 Å². The van der Waals surface area contributed by atoms with Crippen LogP contribution in [0.5, 0.6) is 5.75 Å². The molecule has 0 bridgehead atoms. The molecule has 2 aromatic heterocycles. The second-order valence-electron chi connectivity index (χ2n) is 5.59. The number of methoxy groups -OCH3 is 1. The molecule has 0 aliphatic rings. The van der Waals surface area contributed by atoms with Crippen molar-refractivity contribution in [1.29, 1.82) is 0 Å². The summed E-state index contributed by atoms with van der Waals surface area (Å²) in [5.74, 6) is 1.98. The van der Waals surface area contributed by atoms with E-state index in [1.54, 1.807) is 26.2 Å². The van der Waals surface area contributed by atoms with Crippen LogP contribution in [0.25, 0.3) is 0 Å². The van der Waals surface area contributed by atoms with Crippen LogP contribution in [-0.2, 0) is 6.42 Å². The Morgan fingerprint density at radius 3 is 2.85 bits per heavy atom. The summed E-state index contributed by atoms with van der Waals surface area (Å²) in [6, 6.07) is 11.1. The maximum absolute atomic E-state index is 12.2. The van der Waals surface area contributed by atoms with Crippen LogP contribution in [0.2, 0.25) is 0 Å². The fourth-order valence-corrected chi connectivity index (χ4v) is 2.35. The number of anilines is 2. The quantitative estimate of drug-likeness (QED) is 0.673. The monoisotopic (exact) mass is 353 g/mol. The van der Waals surface area contributed by atoms with Crippen molar-refractivity contribution in [2.45, 2.75) is 13.3 Å². The van der Waals surface area contributed by atoms with Crippen LogP contribution in [0.15, 0.2) is 47.2 Å². The average molecular weight is 353 g/mol. The molecule has 0 atom stereocenters. The minimum Gasteiger partial charge on any atom is -0.497 e. The van der Waals surface area contributed by atoms with E-state index in [0.29, 0.717) is 23.9 Å². The highest BCUT2D eigenvalue weighted by Gasteiger charge is 2.11. The zero-order valence-corrected chi connectivity index (χ0v) is 14.5. The van der Waals surface area contributed by atoms with Crippen LogP contribution in [0.1, 0.15) is 21.8 Å². The Balaban J connectivity index is 1.57. The Morgan fingerprint density at radius 2 is 2.08 bits per heavy atom. The molecule has 1 amide bonds. The first-order chi connectivity index (χ1) is 12.6. The minimum atomic E-state index is -0.378. The lowest BCUT2D eigenvalue weighted by molar-refractivity contribution is 0.102. The first-order valence-electron chi connectivity index (χ1n) is 8.07. The molecule has 2 N–H and O–H groups in total. The number of benzene rings is 1. The van der Waals surface area contributed by atoms with Gasteiger partial charge in [0.2, 0.25) is 0 Å². The zero-order chi connectivity index (χ0) is 18.4. The Bertz CT molecular complexity index is 894. The normalized spacial score (nSPS) is 10.4. The number of hydrogen-bond donors (Lipinski definition) is 2. The molecule has 3 rings (SSSR count). The van der Waals surface area contributed by atoms with E-state index in [1.165, 1.54) is 6.33 Å². The topological polar surface area (TPSA) is 102 Å². The van der Waals surface area contributed by atoms with Crippen LogP contribution < -0.4 is 15.4 Å². The summed E-state index contributed by atoms with van der Waals surface area (Å²) in [5.41, 5.74) is 1.38. The van der Waals surface area contributed by atoms with Gasteiger partial charge in [-0.2, -0.15) is 0 Å². The number of aryl methyl sites for hydroxylation is 1. The van der Waals surface area contributed by atoms with E-state index in [0.717, 1.165) is 17.7 Å². The van der Waals surface area contributed by atoms with Crippen molar-refractivity contribution < 1.29 is 14.1 Å². The van der Waals surface area contributed by atoms with Crippen LogP contribution >= 0.6 is 0 Å². The van der Waals surface area contributed by atoms with Gasteiger partial charge in [-0.1, -0.05) is 17.3 Å². The van der Waals surface area contributed by atoms with E-state index in [9.17, 15) is 4.79 Å². The molecule has 26 heavy (non-hydrogen) atoms. The van der Waals surface area contributed by atoms with Crippen LogP contribution in [0.4, 0.5) is 11.6 Å².